The average molecular weight is 464 g/mol. The molecule has 1 aromatic heterocycles. The van der Waals surface area contributed by atoms with Crippen molar-refractivity contribution >= 4 is 23.4 Å². The molecule has 0 radical (unpaired) electrons. The molecule has 2 amide bonds. The van der Waals surface area contributed by atoms with E-state index in [9.17, 15) is 14.0 Å². The number of aromatic nitrogens is 2. The van der Waals surface area contributed by atoms with Crippen molar-refractivity contribution in [2.45, 2.75) is 53.2 Å². The second kappa shape index (κ2) is 9.58. The molecule has 2 heterocycles. The zero-order valence-electron chi connectivity index (χ0n) is 19.3. The standard InChI is InChI=1S/C23H31ClFN5O2/c1-6-26-22(32)19(23(2,3)4)28-21(31)18-17-13-29(5)10-7-11-30(17)20(27-18)15-12-14(24)8-9-16(15)25/h8-9,12,19H,6-7,10-11,13H2,1-5H3,(H,26,32)(H,28,31)/t19-/m1/s1. The van der Waals surface area contributed by atoms with Crippen molar-refractivity contribution in [1.82, 2.24) is 25.1 Å². The van der Waals surface area contributed by atoms with E-state index < -0.39 is 23.2 Å². The van der Waals surface area contributed by atoms with Crippen molar-refractivity contribution in [3.05, 3.63) is 40.4 Å². The number of fused-ring (bicyclic) bond motifs is 1. The number of hydrogen-bond donors (Lipinski definition) is 2. The molecule has 2 N–H and O–H groups in total. The monoisotopic (exact) mass is 463 g/mol. The Hall–Kier alpha value is -2.45. The van der Waals surface area contributed by atoms with Crippen LogP contribution in [0.3, 0.4) is 0 Å². The number of hydrogen-bond acceptors (Lipinski definition) is 4. The van der Waals surface area contributed by atoms with Gasteiger partial charge in [0.1, 0.15) is 17.7 Å². The molecule has 0 saturated heterocycles. The van der Waals surface area contributed by atoms with Crippen molar-refractivity contribution in [2.75, 3.05) is 20.1 Å². The average Bonchev–Trinajstić information content (AvgIpc) is 2.93. The smallest absolute Gasteiger partial charge is 0.272 e. The molecule has 2 aromatic rings. The molecule has 1 atom stereocenters. The van der Waals surface area contributed by atoms with Crippen LogP contribution < -0.4 is 10.6 Å². The lowest BCUT2D eigenvalue weighted by Gasteiger charge is -2.30. The molecule has 0 bridgehead atoms. The first-order chi connectivity index (χ1) is 15.0. The molecule has 0 unspecified atom stereocenters. The Kier molecular flexibility index (Phi) is 7.25. The molecule has 7 nitrogen and oxygen atoms in total. The lowest BCUT2D eigenvalue weighted by atomic mass is 9.86. The van der Waals surface area contributed by atoms with Crippen LogP contribution in [-0.2, 0) is 17.9 Å². The molecular weight excluding hydrogens is 433 g/mol. The molecule has 1 aliphatic heterocycles. The quantitative estimate of drug-likeness (QED) is 0.711. The summed E-state index contributed by atoms with van der Waals surface area (Å²) >= 11 is 6.12. The van der Waals surface area contributed by atoms with E-state index in [1.54, 1.807) is 0 Å². The molecule has 0 aliphatic carbocycles. The van der Waals surface area contributed by atoms with E-state index in [-0.39, 0.29) is 17.2 Å². The summed E-state index contributed by atoms with van der Waals surface area (Å²) in [7, 11) is 1.97. The normalized spacial score (nSPS) is 15.6. The Morgan fingerprint density at radius 3 is 2.66 bits per heavy atom. The van der Waals surface area contributed by atoms with E-state index in [1.807, 2.05) is 39.3 Å². The Morgan fingerprint density at radius 1 is 1.28 bits per heavy atom. The van der Waals surface area contributed by atoms with Crippen molar-refractivity contribution < 1.29 is 14.0 Å². The molecule has 32 heavy (non-hydrogen) atoms. The number of imidazole rings is 1. The predicted molar refractivity (Wildman–Crippen MR) is 123 cm³/mol. The van der Waals surface area contributed by atoms with Gasteiger partial charge in [-0.15, -0.1) is 0 Å². The van der Waals surface area contributed by atoms with Crippen molar-refractivity contribution in [3.8, 4) is 11.4 Å². The number of halogens is 2. The summed E-state index contributed by atoms with van der Waals surface area (Å²) in [4.78, 5) is 32.7. The first-order valence-electron chi connectivity index (χ1n) is 10.8. The number of carbonyl (C=O) groups is 2. The zero-order valence-corrected chi connectivity index (χ0v) is 20.0. The minimum atomic E-state index is -0.748. The number of amides is 2. The molecular formula is C23H31ClFN5O2. The Balaban J connectivity index is 2.07. The Labute approximate surface area is 193 Å². The van der Waals surface area contributed by atoms with E-state index in [0.717, 1.165) is 13.0 Å². The minimum absolute atomic E-state index is 0.201. The van der Waals surface area contributed by atoms with Gasteiger partial charge in [-0.05, 0) is 50.6 Å². The SMILES string of the molecule is CCNC(=O)[C@@H](NC(=O)c1nc(-c2cc(Cl)ccc2F)n2c1CN(C)CCC2)C(C)(C)C. The number of benzene rings is 1. The molecule has 0 spiro atoms. The van der Waals surface area contributed by atoms with Crippen LogP contribution in [-0.4, -0.2) is 52.4 Å². The van der Waals surface area contributed by atoms with Crippen LogP contribution in [0.4, 0.5) is 4.39 Å². The summed E-state index contributed by atoms with van der Waals surface area (Å²) in [6.07, 6.45) is 0.833. The molecule has 0 fully saturated rings. The molecule has 0 saturated carbocycles. The predicted octanol–water partition coefficient (Wildman–Crippen LogP) is 3.46. The highest BCUT2D eigenvalue weighted by atomic mass is 35.5. The first-order valence-corrected chi connectivity index (χ1v) is 11.2. The van der Waals surface area contributed by atoms with Crippen LogP contribution in [0.1, 0.15) is 50.3 Å². The van der Waals surface area contributed by atoms with Crippen LogP contribution in [0.15, 0.2) is 18.2 Å². The van der Waals surface area contributed by atoms with Gasteiger partial charge in [0.2, 0.25) is 5.91 Å². The molecule has 1 aliphatic rings. The van der Waals surface area contributed by atoms with E-state index in [0.29, 0.717) is 36.2 Å². The van der Waals surface area contributed by atoms with Crippen LogP contribution >= 0.6 is 11.6 Å². The maximum absolute atomic E-state index is 14.7. The molecule has 174 valence electrons. The summed E-state index contributed by atoms with van der Waals surface area (Å²) < 4.78 is 16.6. The van der Waals surface area contributed by atoms with Crippen molar-refractivity contribution in [2.24, 2.45) is 5.41 Å². The van der Waals surface area contributed by atoms with Gasteiger partial charge in [-0.2, -0.15) is 0 Å². The third-order valence-electron chi connectivity index (χ3n) is 5.55. The van der Waals surface area contributed by atoms with Crippen molar-refractivity contribution in [1.29, 1.82) is 0 Å². The first kappa shape index (κ1) is 24.2. The van der Waals surface area contributed by atoms with Gasteiger partial charge in [0.25, 0.3) is 5.91 Å². The van der Waals surface area contributed by atoms with Gasteiger partial charge in [-0.1, -0.05) is 32.4 Å². The number of likely N-dealkylation sites (N-methyl/N-ethyl adjacent to an activating group) is 1. The van der Waals surface area contributed by atoms with E-state index in [2.05, 4.69) is 20.5 Å². The number of carbonyl (C=O) groups excluding carboxylic acids is 2. The van der Waals surface area contributed by atoms with Gasteiger partial charge in [0, 0.05) is 24.7 Å². The Bertz CT molecular complexity index is 1010. The van der Waals surface area contributed by atoms with Crippen LogP contribution in [0.5, 0.6) is 0 Å². The summed E-state index contributed by atoms with van der Waals surface area (Å²) in [5, 5.41) is 6.04. The minimum Gasteiger partial charge on any atom is -0.355 e. The largest absolute Gasteiger partial charge is 0.355 e. The highest BCUT2D eigenvalue weighted by molar-refractivity contribution is 6.30. The van der Waals surface area contributed by atoms with Gasteiger partial charge in [-0.3, -0.25) is 9.59 Å². The Morgan fingerprint density at radius 2 is 2.00 bits per heavy atom. The topological polar surface area (TPSA) is 79.3 Å². The van der Waals surface area contributed by atoms with Gasteiger partial charge >= 0.3 is 0 Å². The lowest BCUT2D eigenvalue weighted by molar-refractivity contribution is -0.125. The fraction of sp³-hybridized carbons (Fsp3) is 0.522. The van der Waals surface area contributed by atoms with E-state index in [4.69, 9.17) is 11.6 Å². The molecule has 1 aromatic carbocycles. The number of nitrogens with one attached hydrogen (secondary N) is 2. The van der Waals surface area contributed by atoms with Crippen molar-refractivity contribution in [3.63, 3.8) is 0 Å². The fourth-order valence-electron chi connectivity index (χ4n) is 3.93. The maximum atomic E-state index is 14.7. The zero-order chi connectivity index (χ0) is 23.6. The van der Waals surface area contributed by atoms with Crippen LogP contribution in [0.2, 0.25) is 5.02 Å². The third kappa shape index (κ3) is 5.13. The van der Waals surface area contributed by atoms with E-state index in [1.165, 1.54) is 18.2 Å². The summed E-state index contributed by atoms with van der Waals surface area (Å²) in [6, 6.07) is 3.55. The van der Waals surface area contributed by atoms with Gasteiger partial charge in [-0.25, -0.2) is 9.37 Å². The lowest BCUT2D eigenvalue weighted by Crippen LogP contribution is -2.53. The second-order valence-corrected chi connectivity index (χ2v) is 9.70. The maximum Gasteiger partial charge on any atom is 0.272 e. The van der Waals surface area contributed by atoms with E-state index >= 15 is 0 Å². The highest BCUT2D eigenvalue weighted by Crippen LogP contribution is 2.30. The summed E-state index contributed by atoms with van der Waals surface area (Å²) in [6.45, 7) is 9.88. The van der Waals surface area contributed by atoms with Gasteiger partial charge in [0.15, 0.2) is 5.69 Å². The third-order valence-corrected chi connectivity index (χ3v) is 5.79. The molecule has 3 rings (SSSR count). The van der Waals surface area contributed by atoms with Gasteiger partial charge in [0.05, 0.1) is 11.3 Å². The van der Waals surface area contributed by atoms with Crippen LogP contribution in [0, 0.1) is 11.2 Å². The summed E-state index contributed by atoms with van der Waals surface area (Å²) in [5.41, 5.74) is 0.634. The highest BCUT2D eigenvalue weighted by Gasteiger charge is 2.35. The number of nitrogens with zero attached hydrogens (tertiary/aromatic N) is 3. The summed E-state index contributed by atoms with van der Waals surface area (Å²) in [5.74, 6) is -0.798. The van der Waals surface area contributed by atoms with Crippen LogP contribution in [0.25, 0.3) is 11.4 Å². The fourth-order valence-corrected chi connectivity index (χ4v) is 4.10. The van der Waals surface area contributed by atoms with Gasteiger partial charge < -0.3 is 20.1 Å². The second-order valence-electron chi connectivity index (χ2n) is 9.26. The molecule has 9 heteroatoms. The number of rotatable bonds is 5.